The van der Waals surface area contributed by atoms with Gasteiger partial charge < -0.3 is 15.5 Å². The second kappa shape index (κ2) is 9.47. The van der Waals surface area contributed by atoms with E-state index in [1.165, 1.54) is 0 Å². The minimum absolute atomic E-state index is 0.125. The van der Waals surface area contributed by atoms with Crippen LogP contribution < -0.4 is 15.5 Å². The number of urea groups is 1. The van der Waals surface area contributed by atoms with Crippen LogP contribution in [0.15, 0.2) is 48.2 Å². The molecular weight excluding hydrogens is 476 g/mol. The van der Waals surface area contributed by atoms with Gasteiger partial charge in [0.15, 0.2) is 0 Å². The zero-order valence-electron chi connectivity index (χ0n) is 21.4. The first-order valence-electron chi connectivity index (χ1n) is 11.9. The van der Waals surface area contributed by atoms with Crippen molar-refractivity contribution in [2.24, 2.45) is 0 Å². The van der Waals surface area contributed by atoms with Crippen molar-refractivity contribution in [3.63, 3.8) is 0 Å². The Morgan fingerprint density at radius 3 is 2.44 bits per heavy atom. The fraction of sp³-hybridized carbons (Fsp3) is 0.321. The number of imide groups is 1. The molecule has 2 heterocycles. The quantitative estimate of drug-likeness (QED) is 0.409. The Labute approximate surface area is 216 Å². The number of aryl methyl sites for hydroxylation is 1. The second-order valence-corrected chi connectivity index (χ2v) is 10.5. The highest BCUT2D eigenvalue weighted by Crippen LogP contribution is 2.41. The molecule has 2 aliphatic rings. The standard InChI is InChI=1S/C28H31ClN4O3/c1-16(2)33-24-11-17(3)19(12-22(24)18(4)14-28(33,5)6)13-23-26(35)32(27(36)31-23)15-25(34)30-21-9-7-20(29)8-10-21/h7-14,16H,15H2,1-6H3,(H,30,34)(H,31,36)/b23-13-. The van der Waals surface area contributed by atoms with Crippen LogP contribution >= 0.6 is 11.6 Å². The summed E-state index contributed by atoms with van der Waals surface area (Å²) in [5, 5.41) is 5.82. The number of nitrogens with one attached hydrogen (secondary N) is 2. The van der Waals surface area contributed by atoms with Gasteiger partial charge in [0.25, 0.3) is 5.91 Å². The van der Waals surface area contributed by atoms with E-state index in [9.17, 15) is 14.4 Å². The number of anilines is 2. The van der Waals surface area contributed by atoms with Gasteiger partial charge in [-0.05, 0) is 101 Å². The Morgan fingerprint density at radius 1 is 1.14 bits per heavy atom. The lowest BCUT2D eigenvalue weighted by Gasteiger charge is -2.46. The predicted molar refractivity (Wildman–Crippen MR) is 145 cm³/mol. The molecule has 0 saturated carbocycles. The number of carbonyl (C=O) groups is 3. The number of amides is 4. The van der Waals surface area contributed by atoms with Gasteiger partial charge in [0.2, 0.25) is 5.91 Å². The number of carbonyl (C=O) groups excluding carboxylic acids is 3. The SMILES string of the molecule is CC1=CC(C)(C)N(C(C)C)c2cc(C)c(/C=C3\NC(=O)N(CC(=O)Nc4ccc(Cl)cc4)C3=O)cc21. The lowest BCUT2D eigenvalue weighted by Crippen LogP contribution is -2.49. The molecule has 2 N–H and O–H groups in total. The maximum atomic E-state index is 13.0. The first-order valence-corrected chi connectivity index (χ1v) is 12.3. The molecular formula is C28H31ClN4O3. The molecule has 2 aliphatic heterocycles. The third-order valence-electron chi connectivity index (χ3n) is 6.47. The molecule has 8 heteroatoms. The van der Waals surface area contributed by atoms with Crippen molar-refractivity contribution in [1.82, 2.24) is 10.2 Å². The summed E-state index contributed by atoms with van der Waals surface area (Å²) in [6, 6.07) is 10.5. The lowest BCUT2D eigenvalue weighted by molar-refractivity contribution is -0.127. The van der Waals surface area contributed by atoms with Crippen molar-refractivity contribution in [3.05, 3.63) is 69.9 Å². The highest BCUT2D eigenvalue weighted by Gasteiger charge is 2.36. The number of benzene rings is 2. The average Bonchev–Trinajstić information content (AvgIpc) is 3.03. The Morgan fingerprint density at radius 2 is 1.81 bits per heavy atom. The molecule has 0 unspecified atom stereocenters. The monoisotopic (exact) mass is 506 g/mol. The summed E-state index contributed by atoms with van der Waals surface area (Å²) in [4.78, 5) is 41.3. The molecule has 4 rings (SSSR count). The summed E-state index contributed by atoms with van der Waals surface area (Å²) in [6.45, 7) is 12.4. The third-order valence-corrected chi connectivity index (χ3v) is 6.72. The summed E-state index contributed by atoms with van der Waals surface area (Å²) in [7, 11) is 0. The molecule has 1 fully saturated rings. The molecule has 2 aromatic rings. The van der Waals surface area contributed by atoms with E-state index in [2.05, 4.69) is 68.4 Å². The fourth-order valence-electron chi connectivity index (χ4n) is 5.06. The van der Waals surface area contributed by atoms with Crippen LogP contribution in [0.4, 0.5) is 16.2 Å². The summed E-state index contributed by atoms with van der Waals surface area (Å²) in [5.74, 6) is -1.02. The fourth-order valence-corrected chi connectivity index (χ4v) is 5.19. The van der Waals surface area contributed by atoms with Gasteiger partial charge in [-0.1, -0.05) is 17.7 Å². The van der Waals surface area contributed by atoms with Gasteiger partial charge in [-0.3, -0.25) is 9.59 Å². The van der Waals surface area contributed by atoms with Crippen LogP contribution in [0, 0.1) is 6.92 Å². The molecule has 0 atom stereocenters. The van der Waals surface area contributed by atoms with Crippen LogP contribution in [0.3, 0.4) is 0 Å². The topological polar surface area (TPSA) is 81.8 Å². The number of rotatable bonds is 5. The van der Waals surface area contributed by atoms with Crippen molar-refractivity contribution in [1.29, 1.82) is 0 Å². The Balaban J connectivity index is 1.58. The van der Waals surface area contributed by atoms with Crippen LogP contribution in [-0.4, -0.2) is 40.9 Å². The maximum Gasteiger partial charge on any atom is 0.329 e. The largest absolute Gasteiger partial charge is 0.360 e. The van der Waals surface area contributed by atoms with Gasteiger partial charge in [0.1, 0.15) is 12.2 Å². The number of fused-ring (bicyclic) bond motifs is 1. The number of hydrogen-bond acceptors (Lipinski definition) is 4. The molecule has 0 radical (unpaired) electrons. The highest BCUT2D eigenvalue weighted by atomic mass is 35.5. The summed E-state index contributed by atoms with van der Waals surface area (Å²) < 4.78 is 0. The van der Waals surface area contributed by atoms with Crippen molar-refractivity contribution >= 4 is 52.5 Å². The molecule has 7 nitrogen and oxygen atoms in total. The first kappa shape index (κ1) is 25.5. The number of allylic oxidation sites excluding steroid dienone is 1. The molecule has 1 saturated heterocycles. The number of halogens is 1. The van der Waals surface area contributed by atoms with E-state index in [1.807, 2.05) is 6.92 Å². The van der Waals surface area contributed by atoms with Gasteiger partial charge in [-0.15, -0.1) is 0 Å². The van der Waals surface area contributed by atoms with Crippen LogP contribution in [-0.2, 0) is 9.59 Å². The van der Waals surface area contributed by atoms with E-state index in [0.29, 0.717) is 16.8 Å². The second-order valence-electron chi connectivity index (χ2n) is 10.1. The van der Waals surface area contributed by atoms with Crippen LogP contribution in [0.25, 0.3) is 11.6 Å². The van der Waals surface area contributed by atoms with Gasteiger partial charge in [0, 0.05) is 28.0 Å². The third kappa shape index (κ3) is 4.88. The molecule has 188 valence electrons. The van der Waals surface area contributed by atoms with Crippen LogP contribution in [0.1, 0.15) is 51.3 Å². The smallest absolute Gasteiger partial charge is 0.329 e. The average molecular weight is 507 g/mol. The van der Waals surface area contributed by atoms with Crippen molar-refractivity contribution in [2.75, 3.05) is 16.8 Å². The minimum atomic E-state index is -0.628. The van der Waals surface area contributed by atoms with Crippen molar-refractivity contribution < 1.29 is 14.4 Å². The zero-order valence-corrected chi connectivity index (χ0v) is 22.2. The van der Waals surface area contributed by atoms with Gasteiger partial charge in [-0.25, -0.2) is 9.69 Å². The van der Waals surface area contributed by atoms with Gasteiger partial charge in [0.05, 0.1) is 5.54 Å². The number of hydrogen-bond donors (Lipinski definition) is 2. The van der Waals surface area contributed by atoms with E-state index < -0.39 is 24.4 Å². The highest BCUT2D eigenvalue weighted by molar-refractivity contribution is 6.30. The summed E-state index contributed by atoms with van der Waals surface area (Å²) >= 11 is 5.87. The summed E-state index contributed by atoms with van der Waals surface area (Å²) in [6.07, 6.45) is 3.94. The molecule has 2 aromatic carbocycles. The van der Waals surface area contributed by atoms with Gasteiger partial charge >= 0.3 is 6.03 Å². The number of nitrogens with zero attached hydrogens (tertiary/aromatic N) is 2. The maximum absolute atomic E-state index is 13.0. The minimum Gasteiger partial charge on any atom is -0.360 e. The van der Waals surface area contributed by atoms with Gasteiger partial charge in [-0.2, -0.15) is 0 Å². The van der Waals surface area contributed by atoms with Crippen molar-refractivity contribution in [3.8, 4) is 0 Å². The molecule has 0 aromatic heterocycles. The van der Waals surface area contributed by atoms with Crippen LogP contribution in [0.2, 0.25) is 5.02 Å². The molecule has 4 amide bonds. The first-order chi connectivity index (χ1) is 16.9. The van der Waals surface area contributed by atoms with E-state index in [0.717, 1.165) is 32.9 Å². The zero-order chi connectivity index (χ0) is 26.4. The predicted octanol–water partition coefficient (Wildman–Crippen LogP) is 5.59. The Hall–Kier alpha value is -3.58. The molecule has 0 bridgehead atoms. The van der Waals surface area contributed by atoms with E-state index in [-0.39, 0.29) is 11.2 Å². The molecule has 36 heavy (non-hydrogen) atoms. The molecule has 0 aliphatic carbocycles. The Kier molecular flexibility index (Phi) is 6.71. The normalized spacial score (nSPS) is 17.9. The van der Waals surface area contributed by atoms with Crippen LogP contribution in [0.5, 0.6) is 0 Å². The van der Waals surface area contributed by atoms with E-state index >= 15 is 0 Å². The Bertz CT molecular complexity index is 1310. The van der Waals surface area contributed by atoms with E-state index in [4.69, 9.17) is 11.6 Å². The van der Waals surface area contributed by atoms with E-state index in [1.54, 1.807) is 30.3 Å². The molecule has 0 spiro atoms. The van der Waals surface area contributed by atoms with Crippen molar-refractivity contribution in [2.45, 2.75) is 53.1 Å². The summed E-state index contributed by atoms with van der Waals surface area (Å²) in [5.41, 5.74) is 5.77. The lowest BCUT2D eigenvalue weighted by atomic mass is 9.85.